The number of para-hydroxylation sites is 1. The van der Waals surface area contributed by atoms with Gasteiger partial charge in [0.05, 0.1) is 41.3 Å². The Labute approximate surface area is 228 Å². The molecule has 0 aliphatic carbocycles. The zero-order valence-corrected chi connectivity index (χ0v) is 21.5. The lowest BCUT2D eigenvalue weighted by Crippen LogP contribution is -2.44. The predicted octanol–water partition coefficient (Wildman–Crippen LogP) is 5.18. The fraction of sp³-hybridized carbons (Fsp3) is 0.172. The molecule has 9 heteroatoms. The highest BCUT2D eigenvalue weighted by atomic mass is 35.5. The van der Waals surface area contributed by atoms with E-state index in [-0.39, 0.29) is 21.8 Å². The predicted molar refractivity (Wildman–Crippen MR) is 142 cm³/mol. The average Bonchev–Trinajstić information content (AvgIpc) is 3.40. The molecule has 38 heavy (non-hydrogen) atoms. The number of fused-ring (bicyclic) bond motifs is 5. The highest BCUT2D eigenvalue weighted by molar-refractivity contribution is 6.37. The number of esters is 1. The Hall–Kier alpha value is -3.94. The number of carbonyl (C=O) groups excluding carboxylic acids is 4. The molecule has 3 aromatic rings. The third-order valence-electron chi connectivity index (χ3n) is 7.48. The highest BCUT2D eigenvalue weighted by Crippen LogP contribution is 2.54. The fourth-order valence-electron chi connectivity index (χ4n) is 5.89. The maximum Gasteiger partial charge on any atom is 0.339 e. The maximum atomic E-state index is 14.1. The van der Waals surface area contributed by atoms with Crippen LogP contribution in [0, 0.1) is 11.8 Å². The Morgan fingerprint density at radius 2 is 1.58 bits per heavy atom. The summed E-state index contributed by atoms with van der Waals surface area (Å²) in [6.07, 6.45) is 3.64. The Morgan fingerprint density at radius 1 is 0.868 bits per heavy atom. The molecule has 190 valence electrons. The summed E-state index contributed by atoms with van der Waals surface area (Å²) >= 11 is 12.5. The van der Waals surface area contributed by atoms with E-state index < -0.39 is 47.5 Å². The Kier molecular flexibility index (Phi) is 5.85. The second-order valence-corrected chi connectivity index (χ2v) is 10.2. The number of amides is 2. The summed E-state index contributed by atoms with van der Waals surface area (Å²) in [7, 11) is 1.23. The van der Waals surface area contributed by atoms with Crippen LogP contribution >= 0.6 is 23.2 Å². The van der Waals surface area contributed by atoms with Gasteiger partial charge in [0.15, 0.2) is 5.78 Å². The molecule has 0 unspecified atom stereocenters. The van der Waals surface area contributed by atoms with Gasteiger partial charge in [0.1, 0.15) is 6.04 Å². The molecule has 7 nitrogen and oxygen atoms in total. The van der Waals surface area contributed by atoms with Crippen LogP contribution in [0.15, 0.2) is 72.9 Å². The maximum absolute atomic E-state index is 14.1. The quantitative estimate of drug-likeness (QED) is 0.255. The average molecular weight is 547 g/mol. The smallest absolute Gasteiger partial charge is 0.339 e. The molecule has 6 rings (SSSR count). The minimum Gasteiger partial charge on any atom is -0.465 e. The fourth-order valence-corrected chi connectivity index (χ4v) is 6.40. The van der Waals surface area contributed by atoms with Gasteiger partial charge in [-0.25, -0.2) is 9.69 Å². The summed E-state index contributed by atoms with van der Waals surface area (Å²) in [5.41, 5.74) is 2.17. The van der Waals surface area contributed by atoms with Gasteiger partial charge in [-0.05, 0) is 47.5 Å². The second-order valence-electron chi connectivity index (χ2n) is 9.34. The summed E-state index contributed by atoms with van der Waals surface area (Å²) in [4.78, 5) is 57.6. The van der Waals surface area contributed by atoms with Crippen molar-refractivity contribution in [3.8, 4) is 0 Å². The van der Waals surface area contributed by atoms with Crippen LogP contribution in [-0.4, -0.2) is 41.6 Å². The molecule has 3 aliphatic rings. The van der Waals surface area contributed by atoms with Gasteiger partial charge >= 0.3 is 5.97 Å². The van der Waals surface area contributed by atoms with E-state index in [1.807, 2.05) is 30.3 Å². The molecule has 0 N–H and O–H groups in total. The number of carbonyl (C=O) groups is 4. The first-order chi connectivity index (χ1) is 18.3. The third kappa shape index (κ3) is 3.50. The molecule has 2 saturated heterocycles. The molecular formula is C29H20Cl2N2O5. The molecule has 2 amide bonds. The van der Waals surface area contributed by atoms with Gasteiger partial charge in [0, 0.05) is 16.8 Å². The van der Waals surface area contributed by atoms with E-state index in [1.54, 1.807) is 29.3 Å². The number of hydrogen-bond donors (Lipinski definition) is 0. The topological polar surface area (TPSA) is 84.0 Å². The van der Waals surface area contributed by atoms with Crippen molar-refractivity contribution in [3.63, 3.8) is 0 Å². The Balaban J connectivity index is 1.52. The van der Waals surface area contributed by atoms with Crippen molar-refractivity contribution in [2.45, 2.75) is 12.1 Å². The van der Waals surface area contributed by atoms with E-state index in [9.17, 15) is 19.2 Å². The summed E-state index contributed by atoms with van der Waals surface area (Å²) in [6.45, 7) is 0. The van der Waals surface area contributed by atoms with Crippen LogP contribution in [0.3, 0.4) is 0 Å². The van der Waals surface area contributed by atoms with E-state index >= 15 is 0 Å². The summed E-state index contributed by atoms with van der Waals surface area (Å²) in [6, 6.07) is 16.9. The number of halogens is 2. The first-order valence-electron chi connectivity index (χ1n) is 11.9. The van der Waals surface area contributed by atoms with Crippen molar-refractivity contribution in [1.82, 2.24) is 4.90 Å². The molecule has 3 heterocycles. The van der Waals surface area contributed by atoms with Gasteiger partial charge < -0.3 is 9.64 Å². The SMILES string of the molecule is COC(=O)c1ccccc1N1C(=O)[C@@H]2[C@H](C1=O)[C@H]1c3ccccc3C=CN1[C@@H]2C(=O)c1ccc(Cl)cc1Cl. The number of hydrogen-bond acceptors (Lipinski definition) is 6. The van der Waals surface area contributed by atoms with E-state index in [0.717, 1.165) is 16.0 Å². The molecular weight excluding hydrogens is 527 g/mol. The molecule has 4 atom stereocenters. The number of anilines is 1. The standard InChI is InChI=1S/C29H20Cl2N2O5/c1-38-29(37)19-8-4-5-9-21(19)33-27(35)22-23(28(33)36)25(26(34)18-11-10-16(30)14-20(18)31)32-13-12-15-6-2-3-7-17(15)24(22)32/h2-14,22-25H,1H3/t22-,23+,24+,25-/m0/s1. The minimum atomic E-state index is -1.01. The van der Waals surface area contributed by atoms with Crippen molar-refractivity contribution in [1.29, 1.82) is 0 Å². The number of nitrogens with zero attached hydrogens (tertiary/aromatic N) is 2. The number of rotatable bonds is 4. The van der Waals surface area contributed by atoms with Crippen molar-refractivity contribution < 1.29 is 23.9 Å². The van der Waals surface area contributed by atoms with Gasteiger partial charge in [-0.3, -0.25) is 14.4 Å². The number of methoxy groups -OCH3 is 1. The van der Waals surface area contributed by atoms with E-state index in [4.69, 9.17) is 27.9 Å². The van der Waals surface area contributed by atoms with Crippen LogP contribution in [0.5, 0.6) is 0 Å². The first-order valence-corrected chi connectivity index (χ1v) is 12.7. The number of Topliss-reactive ketones (excluding diaryl/α,β-unsaturated/α-hetero) is 1. The van der Waals surface area contributed by atoms with Gasteiger partial charge in [-0.1, -0.05) is 59.6 Å². The van der Waals surface area contributed by atoms with E-state index in [2.05, 4.69) is 0 Å². The molecule has 3 aliphatic heterocycles. The third-order valence-corrected chi connectivity index (χ3v) is 8.02. The molecule has 2 fully saturated rings. The van der Waals surface area contributed by atoms with Crippen molar-refractivity contribution in [2.75, 3.05) is 12.0 Å². The van der Waals surface area contributed by atoms with Gasteiger partial charge in [0.25, 0.3) is 0 Å². The normalized spacial score (nSPS) is 23.2. The Morgan fingerprint density at radius 3 is 2.34 bits per heavy atom. The molecule has 0 radical (unpaired) electrons. The summed E-state index contributed by atoms with van der Waals surface area (Å²) in [5.74, 6) is -3.97. The van der Waals surface area contributed by atoms with Crippen LogP contribution < -0.4 is 4.90 Å². The lowest BCUT2D eigenvalue weighted by atomic mass is 9.83. The Bertz CT molecular complexity index is 1570. The van der Waals surface area contributed by atoms with Crippen LogP contribution in [0.25, 0.3) is 6.08 Å². The molecule has 0 spiro atoms. The number of ketones is 1. The number of ether oxygens (including phenoxy) is 1. The highest BCUT2D eigenvalue weighted by Gasteiger charge is 2.64. The zero-order chi connectivity index (χ0) is 26.7. The van der Waals surface area contributed by atoms with Crippen LogP contribution in [0.1, 0.15) is 37.9 Å². The lowest BCUT2D eigenvalue weighted by molar-refractivity contribution is -0.123. The molecule has 3 aromatic carbocycles. The van der Waals surface area contributed by atoms with Crippen molar-refractivity contribution >= 4 is 58.5 Å². The van der Waals surface area contributed by atoms with Crippen molar-refractivity contribution in [3.05, 3.63) is 105 Å². The van der Waals surface area contributed by atoms with Gasteiger partial charge in [0.2, 0.25) is 11.8 Å². The molecule has 0 saturated carbocycles. The molecule has 0 bridgehead atoms. The summed E-state index contributed by atoms with van der Waals surface area (Å²) in [5, 5.41) is 0.534. The first kappa shape index (κ1) is 24.4. The minimum absolute atomic E-state index is 0.0843. The van der Waals surface area contributed by atoms with Crippen LogP contribution in [0.4, 0.5) is 5.69 Å². The lowest BCUT2D eigenvalue weighted by Gasteiger charge is -2.35. The van der Waals surface area contributed by atoms with E-state index in [0.29, 0.717) is 5.02 Å². The second kappa shape index (κ2) is 9.11. The molecule has 0 aromatic heterocycles. The van der Waals surface area contributed by atoms with Crippen LogP contribution in [-0.2, 0) is 14.3 Å². The monoisotopic (exact) mass is 546 g/mol. The number of benzene rings is 3. The van der Waals surface area contributed by atoms with Crippen molar-refractivity contribution in [2.24, 2.45) is 11.8 Å². The zero-order valence-electron chi connectivity index (χ0n) is 20.0. The summed E-state index contributed by atoms with van der Waals surface area (Å²) < 4.78 is 4.89. The largest absolute Gasteiger partial charge is 0.465 e. The van der Waals surface area contributed by atoms with Crippen LogP contribution in [0.2, 0.25) is 10.0 Å². The van der Waals surface area contributed by atoms with Gasteiger partial charge in [-0.15, -0.1) is 0 Å². The van der Waals surface area contributed by atoms with E-state index in [1.165, 1.54) is 31.4 Å². The number of imide groups is 1. The van der Waals surface area contributed by atoms with Gasteiger partial charge in [-0.2, -0.15) is 0 Å².